The van der Waals surface area contributed by atoms with Crippen molar-refractivity contribution in [2.75, 3.05) is 12.4 Å². The molecule has 16 heavy (non-hydrogen) atoms. The summed E-state index contributed by atoms with van der Waals surface area (Å²) < 4.78 is 6.51. The first-order chi connectivity index (χ1) is 7.85. The van der Waals surface area contributed by atoms with Crippen LogP contribution in [0.5, 0.6) is 5.75 Å². The van der Waals surface area contributed by atoms with Crippen molar-refractivity contribution in [3.63, 3.8) is 0 Å². The van der Waals surface area contributed by atoms with Gasteiger partial charge < -0.3 is 10.1 Å². The van der Waals surface area contributed by atoms with Crippen molar-refractivity contribution in [2.24, 2.45) is 0 Å². The van der Waals surface area contributed by atoms with Gasteiger partial charge in [0.25, 0.3) is 0 Å². The molecule has 2 aromatic rings. The Balaban J connectivity index is 2.47. The highest BCUT2D eigenvalue weighted by Gasteiger charge is 2.06. The highest BCUT2D eigenvalue weighted by Crippen LogP contribution is 2.24. The van der Waals surface area contributed by atoms with Gasteiger partial charge in [0.1, 0.15) is 12.1 Å². The third-order valence-corrected chi connectivity index (χ3v) is 2.01. The van der Waals surface area contributed by atoms with Gasteiger partial charge in [-0.25, -0.2) is 0 Å². The number of benzene rings is 1. The minimum Gasteiger partial charge on any atom is -0.497 e. The van der Waals surface area contributed by atoms with Crippen LogP contribution in [0.1, 0.15) is 0 Å². The third-order valence-electron chi connectivity index (χ3n) is 2.01. The highest BCUT2D eigenvalue weighted by molar-refractivity contribution is 5.77. The second-order valence-electron chi connectivity index (χ2n) is 2.90. The van der Waals surface area contributed by atoms with Crippen LogP contribution < -0.4 is 10.1 Å². The average molecular weight is 219 g/mol. The molecule has 1 heterocycles. The molecule has 0 aliphatic rings. The van der Waals surface area contributed by atoms with Crippen LogP contribution in [0.25, 0.3) is 5.69 Å². The summed E-state index contributed by atoms with van der Waals surface area (Å²) in [5, 5.41) is 13.4. The number of tetrazole rings is 1. The van der Waals surface area contributed by atoms with Gasteiger partial charge in [0.15, 0.2) is 0 Å². The molecule has 2 rings (SSSR count). The van der Waals surface area contributed by atoms with Gasteiger partial charge in [-0.05, 0) is 22.6 Å². The van der Waals surface area contributed by atoms with E-state index in [1.807, 2.05) is 0 Å². The van der Waals surface area contributed by atoms with Crippen LogP contribution in [0.4, 0.5) is 5.69 Å². The van der Waals surface area contributed by atoms with Crippen LogP contribution >= 0.6 is 0 Å². The lowest BCUT2D eigenvalue weighted by Crippen LogP contribution is -2.03. The fourth-order valence-corrected chi connectivity index (χ4v) is 1.29. The lowest BCUT2D eigenvalue weighted by atomic mass is 10.2. The summed E-state index contributed by atoms with van der Waals surface area (Å²) in [5.41, 5.74) is 1.24. The average Bonchev–Trinajstić information content (AvgIpc) is 2.83. The van der Waals surface area contributed by atoms with E-state index in [-0.39, 0.29) is 0 Å². The van der Waals surface area contributed by atoms with E-state index in [0.29, 0.717) is 23.5 Å². The summed E-state index contributed by atoms with van der Waals surface area (Å²) in [6, 6.07) is 5.19. The first-order valence-electron chi connectivity index (χ1n) is 4.46. The van der Waals surface area contributed by atoms with Gasteiger partial charge in [0.05, 0.1) is 18.5 Å². The van der Waals surface area contributed by atoms with Crippen molar-refractivity contribution in [1.82, 2.24) is 20.2 Å². The molecular formula is C9H9N5O2. The van der Waals surface area contributed by atoms with Crippen molar-refractivity contribution >= 4 is 12.1 Å². The number of aromatic nitrogens is 4. The predicted octanol–water partition coefficient (Wildman–Crippen LogP) is 0.239. The van der Waals surface area contributed by atoms with E-state index < -0.39 is 0 Å². The number of nitrogens with one attached hydrogen (secondary N) is 1. The van der Waals surface area contributed by atoms with Gasteiger partial charge >= 0.3 is 0 Å². The first-order valence-corrected chi connectivity index (χ1v) is 4.46. The summed E-state index contributed by atoms with van der Waals surface area (Å²) in [7, 11) is 1.55. The molecule has 1 aromatic heterocycles. The maximum Gasteiger partial charge on any atom is 0.211 e. The van der Waals surface area contributed by atoms with Gasteiger partial charge in [-0.3, -0.25) is 4.79 Å². The van der Waals surface area contributed by atoms with Gasteiger partial charge in [0, 0.05) is 6.07 Å². The van der Waals surface area contributed by atoms with E-state index in [4.69, 9.17) is 4.74 Å². The molecule has 7 heteroatoms. The monoisotopic (exact) mass is 219 g/mol. The molecule has 0 spiro atoms. The van der Waals surface area contributed by atoms with Crippen LogP contribution in [-0.2, 0) is 4.79 Å². The van der Waals surface area contributed by atoms with Crippen molar-refractivity contribution in [1.29, 1.82) is 0 Å². The summed E-state index contributed by atoms with van der Waals surface area (Å²) >= 11 is 0. The fourth-order valence-electron chi connectivity index (χ4n) is 1.29. The van der Waals surface area contributed by atoms with Crippen molar-refractivity contribution in [3.05, 3.63) is 24.5 Å². The number of anilines is 1. The number of hydrogen-bond donors (Lipinski definition) is 1. The molecule has 0 aliphatic carbocycles. The third kappa shape index (κ3) is 1.83. The van der Waals surface area contributed by atoms with E-state index >= 15 is 0 Å². The number of ether oxygens (including phenoxy) is 1. The lowest BCUT2D eigenvalue weighted by Gasteiger charge is -2.08. The largest absolute Gasteiger partial charge is 0.497 e. The Morgan fingerprint density at radius 3 is 3.00 bits per heavy atom. The van der Waals surface area contributed by atoms with Crippen molar-refractivity contribution in [2.45, 2.75) is 0 Å². The predicted molar refractivity (Wildman–Crippen MR) is 55.4 cm³/mol. The molecule has 7 nitrogen and oxygen atoms in total. The Morgan fingerprint density at radius 2 is 2.38 bits per heavy atom. The van der Waals surface area contributed by atoms with Crippen molar-refractivity contribution in [3.8, 4) is 11.4 Å². The van der Waals surface area contributed by atoms with Gasteiger partial charge in [-0.15, -0.1) is 5.10 Å². The minimum absolute atomic E-state index is 0.571. The highest BCUT2D eigenvalue weighted by atomic mass is 16.5. The fraction of sp³-hybridized carbons (Fsp3) is 0.111. The molecule has 0 aliphatic heterocycles. The van der Waals surface area contributed by atoms with E-state index in [0.717, 1.165) is 0 Å². The van der Waals surface area contributed by atoms with Crippen LogP contribution in [0.15, 0.2) is 24.5 Å². The Hall–Kier alpha value is -2.44. The first kappa shape index (κ1) is 10.1. The molecule has 1 N–H and O–H groups in total. The number of carbonyl (C=O) groups is 1. The summed E-state index contributed by atoms with van der Waals surface area (Å²) in [6.07, 6.45) is 2.03. The second kappa shape index (κ2) is 4.39. The van der Waals surface area contributed by atoms with Gasteiger partial charge in [-0.1, -0.05) is 0 Å². The minimum atomic E-state index is 0.571. The second-order valence-corrected chi connectivity index (χ2v) is 2.90. The summed E-state index contributed by atoms with van der Waals surface area (Å²) in [6.45, 7) is 0. The number of methoxy groups -OCH3 is 1. The van der Waals surface area contributed by atoms with E-state index in [2.05, 4.69) is 20.8 Å². The summed E-state index contributed by atoms with van der Waals surface area (Å²) in [4.78, 5) is 10.5. The SMILES string of the molecule is COc1ccc(-n2cnnn2)c(NC=O)c1. The quantitative estimate of drug-likeness (QED) is 0.745. The Labute approximate surface area is 91.0 Å². The summed E-state index contributed by atoms with van der Waals surface area (Å²) in [5.74, 6) is 0.640. The Bertz CT molecular complexity index is 483. The standard InChI is InChI=1S/C9H9N5O2/c1-16-7-2-3-9(8(4-7)10-6-15)14-5-11-12-13-14/h2-6H,1H3,(H,10,15). The Kier molecular flexibility index (Phi) is 2.77. The molecule has 0 bridgehead atoms. The smallest absolute Gasteiger partial charge is 0.211 e. The number of carbonyl (C=O) groups excluding carboxylic acids is 1. The van der Waals surface area contributed by atoms with Crippen LogP contribution in [0.3, 0.4) is 0 Å². The van der Waals surface area contributed by atoms with E-state index in [1.54, 1.807) is 25.3 Å². The molecule has 0 unspecified atom stereocenters. The van der Waals surface area contributed by atoms with Crippen LogP contribution in [-0.4, -0.2) is 33.7 Å². The van der Waals surface area contributed by atoms with E-state index in [1.165, 1.54) is 11.0 Å². The van der Waals surface area contributed by atoms with Crippen molar-refractivity contribution < 1.29 is 9.53 Å². The van der Waals surface area contributed by atoms with Crippen LogP contribution in [0.2, 0.25) is 0 Å². The maximum absolute atomic E-state index is 10.5. The number of amides is 1. The molecule has 0 atom stereocenters. The van der Waals surface area contributed by atoms with E-state index in [9.17, 15) is 4.79 Å². The molecule has 0 radical (unpaired) electrons. The topological polar surface area (TPSA) is 81.9 Å². The van der Waals surface area contributed by atoms with Gasteiger partial charge in [0.2, 0.25) is 6.41 Å². The molecule has 0 saturated heterocycles. The molecule has 1 aromatic carbocycles. The molecular weight excluding hydrogens is 210 g/mol. The van der Waals surface area contributed by atoms with Crippen LogP contribution in [0, 0.1) is 0 Å². The normalized spacial score (nSPS) is 9.81. The molecule has 82 valence electrons. The lowest BCUT2D eigenvalue weighted by molar-refractivity contribution is -0.105. The molecule has 0 saturated carbocycles. The maximum atomic E-state index is 10.5. The zero-order valence-corrected chi connectivity index (χ0v) is 8.49. The Morgan fingerprint density at radius 1 is 1.50 bits per heavy atom. The number of hydrogen-bond acceptors (Lipinski definition) is 5. The number of nitrogens with zero attached hydrogens (tertiary/aromatic N) is 4. The number of rotatable bonds is 4. The molecule has 1 amide bonds. The zero-order chi connectivity index (χ0) is 11.4. The molecule has 0 fully saturated rings. The zero-order valence-electron chi connectivity index (χ0n) is 8.49. The van der Waals surface area contributed by atoms with Gasteiger partial charge in [-0.2, -0.15) is 4.68 Å².